The Bertz CT molecular complexity index is 745. The van der Waals surface area contributed by atoms with E-state index in [0.29, 0.717) is 0 Å². The van der Waals surface area contributed by atoms with Gasteiger partial charge in [-0.3, -0.25) is 4.79 Å². The number of thioether (sulfide) groups is 2. The Balaban J connectivity index is 2.28. The monoisotopic (exact) mass is 398 g/mol. The Labute approximate surface area is 172 Å². The molecule has 0 aromatic heterocycles. The van der Waals surface area contributed by atoms with Gasteiger partial charge < -0.3 is 0 Å². The summed E-state index contributed by atoms with van der Waals surface area (Å²) >= 11 is 3.52. The molecule has 2 aromatic carbocycles. The first-order valence-corrected chi connectivity index (χ1v) is 11.4. The molecule has 1 fully saturated rings. The fourth-order valence-electron chi connectivity index (χ4n) is 3.89. The van der Waals surface area contributed by atoms with Gasteiger partial charge in [0, 0.05) is 5.25 Å². The maximum Gasteiger partial charge on any atom is 0.206 e. The van der Waals surface area contributed by atoms with Crippen LogP contribution in [-0.4, -0.2) is 14.9 Å². The van der Waals surface area contributed by atoms with Crippen molar-refractivity contribution < 1.29 is 4.79 Å². The third-order valence-electron chi connectivity index (χ3n) is 5.14. The lowest BCUT2D eigenvalue weighted by Gasteiger charge is -2.52. The number of carbonyl (C=O) groups is 1. The fraction of sp³-hybridized carbons (Fsp3) is 0.458. The molecule has 3 rings (SSSR count). The molecule has 1 saturated heterocycles. The molecule has 1 aliphatic rings. The summed E-state index contributed by atoms with van der Waals surface area (Å²) < 4.78 is 0.245. The van der Waals surface area contributed by atoms with E-state index in [1.807, 2.05) is 23.9 Å². The van der Waals surface area contributed by atoms with E-state index < -0.39 is 5.41 Å². The Morgan fingerprint density at radius 2 is 1.19 bits per heavy atom. The van der Waals surface area contributed by atoms with Gasteiger partial charge in [-0.2, -0.15) is 0 Å². The molecule has 1 heterocycles. The number of hydrogen-bond acceptors (Lipinski definition) is 3. The van der Waals surface area contributed by atoms with Gasteiger partial charge in [0.05, 0.1) is 4.58 Å². The molecule has 0 bridgehead atoms. The van der Waals surface area contributed by atoms with Gasteiger partial charge in [0.1, 0.15) is 5.41 Å². The number of benzene rings is 2. The lowest BCUT2D eigenvalue weighted by atomic mass is 9.66. The second-order valence-electron chi connectivity index (χ2n) is 9.53. The third-order valence-corrected chi connectivity index (χ3v) is 9.51. The van der Waals surface area contributed by atoms with Crippen LogP contribution < -0.4 is 0 Å². The maximum atomic E-state index is 14.0. The Kier molecular flexibility index (Phi) is 5.58. The van der Waals surface area contributed by atoms with Crippen LogP contribution in [0.3, 0.4) is 0 Å². The summed E-state index contributed by atoms with van der Waals surface area (Å²) in [5, 5.41) is 0.422. The number of carbonyl (C=O) groups excluding carboxylic acids is 1. The van der Waals surface area contributed by atoms with Crippen LogP contribution in [0, 0.1) is 10.8 Å². The van der Waals surface area contributed by atoms with E-state index in [4.69, 9.17) is 0 Å². The second kappa shape index (κ2) is 7.33. The predicted molar refractivity (Wildman–Crippen MR) is 120 cm³/mol. The van der Waals surface area contributed by atoms with Gasteiger partial charge in [-0.1, -0.05) is 114 Å². The van der Waals surface area contributed by atoms with E-state index in [-0.39, 0.29) is 25.8 Å². The summed E-state index contributed by atoms with van der Waals surface area (Å²) in [5.74, 6) is 0. The predicted octanol–water partition coefficient (Wildman–Crippen LogP) is 6.77. The van der Waals surface area contributed by atoms with E-state index in [1.54, 1.807) is 0 Å². The zero-order valence-electron chi connectivity index (χ0n) is 17.2. The largest absolute Gasteiger partial charge is 0.286 e. The van der Waals surface area contributed by atoms with Crippen LogP contribution in [0.5, 0.6) is 0 Å². The molecule has 2 aromatic rings. The van der Waals surface area contributed by atoms with Crippen molar-refractivity contribution in [2.45, 2.75) is 56.8 Å². The van der Waals surface area contributed by atoms with Crippen LogP contribution in [0.4, 0.5) is 0 Å². The average Bonchev–Trinajstić information content (AvgIpc) is 2.61. The van der Waals surface area contributed by atoms with Crippen molar-refractivity contribution in [2.24, 2.45) is 10.8 Å². The van der Waals surface area contributed by atoms with Gasteiger partial charge in [0.2, 0.25) is 5.12 Å². The van der Waals surface area contributed by atoms with Crippen LogP contribution in [0.1, 0.15) is 52.7 Å². The maximum absolute atomic E-state index is 14.0. The molecular weight excluding hydrogens is 368 g/mol. The van der Waals surface area contributed by atoms with Crippen molar-refractivity contribution in [3.8, 4) is 0 Å². The quantitative estimate of drug-likeness (QED) is 0.556. The topological polar surface area (TPSA) is 17.1 Å². The molecule has 0 N–H and O–H groups in total. The Hall–Kier alpha value is -1.19. The van der Waals surface area contributed by atoms with Crippen molar-refractivity contribution in [3.05, 3.63) is 71.8 Å². The smallest absolute Gasteiger partial charge is 0.206 e. The fourth-order valence-corrected chi connectivity index (χ4v) is 7.52. The van der Waals surface area contributed by atoms with Gasteiger partial charge in [-0.15, -0.1) is 11.8 Å². The molecule has 1 aliphatic heterocycles. The lowest BCUT2D eigenvalue weighted by molar-refractivity contribution is -0.115. The molecule has 0 unspecified atom stereocenters. The summed E-state index contributed by atoms with van der Waals surface area (Å²) in [5.41, 5.74) is 1.60. The van der Waals surface area contributed by atoms with Crippen LogP contribution >= 0.6 is 23.5 Å². The summed E-state index contributed by atoms with van der Waals surface area (Å²) in [6.45, 7) is 13.5. The van der Waals surface area contributed by atoms with Gasteiger partial charge in [-0.25, -0.2) is 0 Å². The van der Waals surface area contributed by atoms with E-state index in [1.165, 1.54) is 11.8 Å². The normalized spacial score (nSPS) is 23.3. The highest BCUT2D eigenvalue weighted by atomic mass is 32.2. The van der Waals surface area contributed by atoms with Crippen molar-refractivity contribution in [3.63, 3.8) is 0 Å². The van der Waals surface area contributed by atoms with E-state index in [2.05, 4.69) is 90.1 Å². The van der Waals surface area contributed by atoms with E-state index >= 15 is 0 Å². The molecule has 3 heteroatoms. The van der Waals surface area contributed by atoms with Crippen LogP contribution in [-0.2, 0) is 10.2 Å². The van der Waals surface area contributed by atoms with Gasteiger partial charge >= 0.3 is 0 Å². The first kappa shape index (κ1) is 20.5. The second-order valence-corrected chi connectivity index (χ2v) is 12.1. The molecule has 0 aliphatic carbocycles. The highest BCUT2D eigenvalue weighted by molar-refractivity contribution is 8.26. The van der Waals surface area contributed by atoms with Gasteiger partial charge in [-0.05, 0) is 22.0 Å². The molecule has 2 atom stereocenters. The summed E-state index contributed by atoms with van der Waals surface area (Å²) in [6.07, 6.45) is 0. The third kappa shape index (κ3) is 3.73. The summed E-state index contributed by atoms with van der Waals surface area (Å²) in [6, 6.07) is 20.8. The van der Waals surface area contributed by atoms with Crippen molar-refractivity contribution in [1.29, 1.82) is 0 Å². The minimum absolute atomic E-state index is 0.0313. The molecule has 1 nitrogen and oxygen atoms in total. The highest BCUT2D eigenvalue weighted by Gasteiger charge is 2.58. The van der Waals surface area contributed by atoms with Crippen LogP contribution in [0.25, 0.3) is 0 Å². The molecule has 27 heavy (non-hydrogen) atoms. The zero-order chi connectivity index (χ0) is 19.9. The van der Waals surface area contributed by atoms with Crippen molar-refractivity contribution >= 4 is 28.6 Å². The standard InChI is InChI=1S/C24H30OS2/c1-22(2,3)19-24(17-13-9-7-10-14-17,18-15-11-8-12-16-18)20(25)27-21(26-19)23(4,5)6/h7-16,19,21H,1-6H3/t19-,21-/m0/s1. The van der Waals surface area contributed by atoms with Gasteiger partial charge in [0.15, 0.2) is 0 Å². The highest BCUT2D eigenvalue weighted by Crippen LogP contribution is 2.60. The molecule has 144 valence electrons. The lowest BCUT2D eigenvalue weighted by Crippen LogP contribution is -2.55. The Morgan fingerprint density at radius 3 is 1.56 bits per heavy atom. The minimum atomic E-state index is -0.641. The van der Waals surface area contributed by atoms with Crippen LogP contribution in [0.2, 0.25) is 0 Å². The number of hydrogen-bond donors (Lipinski definition) is 0. The first-order valence-electron chi connectivity index (χ1n) is 9.55. The molecule has 0 amide bonds. The molecule has 0 radical (unpaired) electrons. The zero-order valence-corrected chi connectivity index (χ0v) is 18.8. The summed E-state index contributed by atoms with van der Waals surface area (Å²) in [4.78, 5) is 14.0. The van der Waals surface area contributed by atoms with Crippen LogP contribution in [0.15, 0.2) is 60.7 Å². The Morgan fingerprint density at radius 1 is 0.741 bits per heavy atom. The van der Waals surface area contributed by atoms with Crippen molar-refractivity contribution in [1.82, 2.24) is 0 Å². The van der Waals surface area contributed by atoms with E-state index in [0.717, 1.165) is 11.1 Å². The number of rotatable bonds is 2. The molecular formula is C24H30OS2. The first-order chi connectivity index (χ1) is 12.6. The molecule has 0 spiro atoms. The molecule has 0 saturated carbocycles. The summed E-state index contributed by atoms with van der Waals surface area (Å²) in [7, 11) is 0. The van der Waals surface area contributed by atoms with E-state index in [9.17, 15) is 4.79 Å². The average molecular weight is 399 g/mol. The van der Waals surface area contributed by atoms with Gasteiger partial charge in [0.25, 0.3) is 0 Å². The SMILES string of the molecule is CC(C)(C)[C@@H]1SC(=O)C(c2ccccc2)(c2ccccc2)[C@H](C(C)(C)C)S1. The minimum Gasteiger partial charge on any atom is -0.286 e. The van der Waals surface area contributed by atoms with Crippen molar-refractivity contribution in [2.75, 3.05) is 0 Å².